The fraction of sp³-hybridized carbons (Fsp3) is 0.654. The summed E-state index contributed by atoms with van der Waals surface area (Å²) in [6.45, 7) is 9.17. The van der Waals surface area contributed by atoms with Crippen LogP contribution in [0.1, 0.15) is 95.6 Å². The lowest BCUT2D eigenvalue weighted by Gasteiger charge is -2.49. The van der Waals surface area contributed by atoms with Gasteiger partial charge in [-0.15, -0.1) is 0 Å². The van der Waals surface area contributed by atoms with Crippen LogP contribution in [-0.2, 0) is 0 Å². The molecule has 0 spiro atoms. The van der Waals surface area contributed by atoms with Crippen molar-refractivity contribution in [3.8, 4) is 0 Å². The van der Waals surface area contributed by atoms with Gasteiger partial charge in [-0.3, -0.25) is 9.69 Å². The van der Waals surface area contributed by atoms with Crippen molar-refractivity contribution in [3.63, 3.8) is 0 Å². The summed E-state index contributed by atoms with van der Waals surface area (Å²) < 4.78 is 1.67. The van der Waals surface area contributed by atoms with Crippen molar-refractivity contribution < 1.29 is 9.90 Å². The van der Waals surface area contributed by atoms with Crippen molar-refractivity contribution in [3.05, 3.63) is 40.3 Å². The summed E-state index contributed by atoms with van der Waals surface area (Å²) in [7, 11) is 0. The van der Waals surface area contributed by atoms with E-state index in [1.165, 1.54) is 38.5 Å². The molecule has 1 saturated heterocycles. The van der Waals surface area contributed by atoms with Crippen LogP contribution in [0.2, 0.25) is 0 Å². The van der Waals surface area contributed by atoms with E-state index in [1.54, 1.807) is 10.6 Å². The SMILES string of the molecule is C[C@H]1CCC[C@@H](C[C@H](C)n2c(=O)c(C(=O)O)nc3ccccc32)N1C1CCC(C)(C)CC1. The van der Waals surface area contributed by atoms with Gasteiger partial charge in [0, 0.05) is 24.2 Å². The van der Waals surface area contributed by atoms with Crippen LogP contribution in [0.5, 0.6) is 0 Å². The maximum absolute atomic E-state index is 13.1. The zero-order valence-corrected chi connectivity index (χ0v) is 19.9. The molecule has 0 radical (unpaired) electrons. The van der Waals surface area contributed by atoms with E-state index in [9.17, 15) is 14.7 Å². The van der Waals surface area contributed by atoms with Gasteiger partial charge in [-0.2, -0.15) is 0 Å². The highest BCUT2D eigenvalue weighted by Gasteiger charge is 2.38. The molecule has 0 bridgehead atoms. The second-order valence-electron chi connectivity index (χ2n) is 10.8. The maximum atomic E-state index is 13.1. The minimum atomic E-state index is -1.26. The first-order valence-electron chi connectivity index (χ1n) is 12.2. The van der Waals surface area contributed by atoms with E-state index in [1.807, 2.05) is 18.2 Å². The van der Waals surface area contributed by atoms with Crippen LogP contribution in [0, 0.1) is 5.41 Å². The van der Waals surface area contributed by atoms with Gasteiger partial charge in [-0.1, -0.05) is 32.4 Å². The second kappa shape index (κ2) is 8.97. The van der Waals surface area contributed by atoms with Crippen molar-refractivity contribution >= 4 is 17.0 Å². The number of fused-ring (bicyclic) bond motifs is 1. The number of piperidine rings is 1. The molecule has 32 heavy (non-hydrogen) atoms. The summed E-state index contributed by atoms with van der Waals surface area (Å²) in [4.78, 5) is 31.7. The van der Waals surface area contributed by atoms with Gasteiger partial charge < -0.3 is 9.67 Å². The van der Waals surface area contributed by atoms with Crippen molar-refractivity contribution in [2.45, 2.75) is 103 Å². The number of hydrogen-bond acceptors (Lipinski definition) is 4. The lowest BCUT2D eigenvalue weighted by molar-refractivity contribution is 0.00418. The number of rotatable bonds is 5. The number of aromatic nitrogens is 2. The summed E-state index contributed by atoms with van der Waals surface area (Å²) in [6, 6.07) is 8.82. The zero-order chi connectivity index (χ0) is 23.0. The van der Waals surface area contributed by atoms with Gasteiger partial charge in [-0.25, -0.2) is 9.78 Å². The van der Waals surface area contributed by atoms with Crippen molar-refractivity contribution in [1.29, 1.82) is 0 Å². The van der Waals surface area contributed by atoms with Crippen LogP contribution in [0.4, 0.5) is 0 Å². The van der Waals surface area contributed by atoms with E-state index in [-0.39, 0.29) is 11.7 Å². The Bertz CT molecular complexity index is 1030. The van der Waals surface area contributed by atoms with E-state index < -0.39 is 11.5 Å². The first-order valence-corrected chi connectivity index (χ1v) is 12.2. The Morgan fingerprint density at radius 3 is 2.56 bits per heavy atom. The Morgan fingerprint density at radius 2 is 1.88 bits per heavy atom. The fourth-order valence-corrected chi connectivity index (χ4v) is 6.12. The van der Waals surface area contributed by atoms with Crippen molar-refractivity contribution in [2.24, 2.45) is 5.41 Å². The molecule has 1 aliphatic carbocycles. The average Bonchev–Trinajstić information content (AvgIpc) is 2.74. The number of hydrogen-bond donors (Lipinski definition) is 1. The topological polar surface area (TPSA) is 75.4 Å². The monoisotopic (exact) mass is 439 g/mol. The van der Waals surface area contributed by atoms with Crippen molar-refractivity contribution in [2.75, 3.05) is 0 Å². The zero-order valence-electron chi connectivity index (χ0n) is 19.9. The number of nitrogens with zero attached hydrogens (tertiary/aromatic N) is 3. The van der Waals surface area contributed by atoms with Gasteiger partial charge >= 0.3 is 5.97 Å². The molecule has 4 rings (SSSR count). The largest absolute Gasteiger partial charge is 0.476 e. The Hall–Kier alpha value is -2.21. The van der Waals surface area contributed by atoms with E-state index in [0.717, 1.165) is 12.8 Å². The van der Waals surface area contributed by atoms with Crippen LogP contribution < -0.4 is 5.56 Å². The number of para-hydroxylation sites is 2. The normalized spacial score (nSPS) is 25.6. The molecule has 6 nitrogen and oxygen atoms in total. The van der Waals surface area contributed by atoms with Gasteiger partial charge in [0.2, 0.25) is 5.69 Å². The lowest BCUT2D eigenvalue weighted by atomic mass is 9.74. The molecule has 174 valence electrons. The van der Waals surface area contributed by atoms with Gasteiger partial charge in [0.05, 0.1) is 11.0 Å². The molecule has 1 aromatic heterocycles. The summed E-state index contributed by atoms with van der Waals surface area (Å²) in [5.74, 6) is -1.26. The maximum Gasteiger partial charge on any atom is 0.360 e. The molecule has 2 fully saturated rings. The third kappa shape index (κ3) is 4.47. The Balaban J connectivity index is 1.64. The van der Waals surface area contributed by atoms with Gasteiger partial charge in [0.1, 0.15) is 0 Å². The van der Waals surface area contributed by atoms with E-state index in [2.05, 4.69) is 37.6 Å². The fourth-order valence-electron chi connectivity index (χ4n) is 6.12. The molecule has 2 aromatic rings. The van der Waals surface area contributed by atoms with Crippen LogP contribution in [0.3, 0.4) is 0 Å². The molecule has 6 heteroatoms. The molecule has 1 N–H and O–H groups in total. The van der Waals surface area contributed by atoms with Gasteiger partial charge in [-0.05, 0) is 76.3 Å². The Labute approximate surface area is 190 Å². The number of carboxylic acid groups (broad SMARTS) is 1. The lowest BCUT2D eigenvalue weighted by Crippen LogP contribution is -2.53. The highest BCUT2D eigenvalue weighted by Crippen LogP contribution is 2.41. The highest BCUT2D eigenvalue weighted by atomic mass is 16.4. The molecule has 3 atom stereocenters. The van der Waals surface area contributed by atoms with Crippen LogP contribution in [-0.4, -0.2) is 43.7 Å². The molecule has 0 amide bonds. The number of carbonyl (C=O) groups is 1. The highest BCUT2D eigenvalue weighted by molar-refractivity contribution is 5.88. The van der Waals surface area contributed by atoms with Crippen molar-refractivity contribution in [1.82, 2.24) is 14.5 Å². The summed E-state index contributed by atoms with van der Waals surface area (Å²) in [6.07, 6.45) is 9.42. The molecule has 1 aromatic carbocycles. The first-order chi connectivity index (χ1) is 15.2. The van der Waals surface area contributed by atoms with Crippen LogP contribution in [0.25, 0.3) is 11.0 Å². The molecular weight excluding hydrogens is 402 g/mol. The predicted octanol–water partition coefficient (Wildman–Crippen LogP) is 5.26. The molecule has 2 aliphatic rings. The number of aromatic carboxylic acids is 1. The first kappa shape index (κ1) is 23.0. The third-order valence-corrected chi connectivity index (χ3v) is 7.87. The summed E-state index contributed by atoms with van der Waals surface area (Å²) in [5, 5.41) is 9.56. The van der Waals surface area contributed by atoms with E-state index >= 15 is 0 Å². The third-order valence-electron chi connectivity index (χ3n) is 7.87. The Kier molecular flexibility index (Phi) is 6.44. The number of benzene rings is 1. The smallest absolute Gasteiger partial charge is 0.360 e. The van der Waals surface area contributed by atoms with Gasteiger partial charge in [0.15, 0.2) is 0 Å². The van der Waals surface area contributed by atoms with Crippen LogP contribution >= 0.6 is 0 Å². The predicted molar refractivity (Wildman–Crippen MR) is 127 cm³/mol. The molecule has 1 aliphatic heterocycles. The van der Waals surface area contributed by atoms with Crippen LogP contribution in [0.15, 0.2) is 29.1 Å². The number of carboxylic acids is 1. The number of likely N-dealkylation sites (tertiary alicyclic amines) is 1. The molecule has 1 saturated carbocycles. The summed E-state index contributed by atoms with van der Waals surface area (Å²) >= 11 is 0. The minimum Gasteiger partial charge on any atom is -0.476 e. The van der Waals surface area contributed by atoms with Gasteiger partial charge in [0.25, 0.3) is 5.56 Å². The minimum absolute atomic E-state index is 0.105. The molecule has 0 unspecified atom stereocenters. The molecule has 2 heterocycles. The average molecular weight is 440 g/mol. The van der Waals surface area contributed by atoms with E-state index in [0.29, 0.717) is 34.6 Å². The quantitative estimate of drug-likeness (QED) is 0.688. The molecular formula is C26H37N3O3. The van der Waals surface area contributed by atoms with E-state index in [4.69, 9.17) is 0 Å². The summed E-state index contributed by atoms with van der Waals surface area (Å²) in [5.41, 5.74) is 0.816. The standard InChI is InChI=1S/C26H37N3O3/c1-17-8-7-9-20(28(17)19-12-14-26(3,4)15-13-19)16-18(2)29-22-11-6-5-10-21(22)27-23(24(29)30)25(31)32/h5-6,10-11,17-20H,7-9,12-16H2,1-4H3,(H,31,32)/t17-,18-,20-/m0/s1. The second-order valence-corrected chi connectivity index (χ2v) is 10.8. The Morgan fingerprint density at radius 1 is 1.19 bits per heavy atom.